The molecular formula is C50H63IN4O14. The number of nitrogens with zero attached hydrogens (tertiary/aromatic N) is 2. The van der Waals surface area contributed by atoms with Gasteiger partial charge >= 0.3 is 0 Å². The summed E-state index contributed by atoms with van der Waals surface area (Å²) in [5.41, 5.74) is 7.99. The van der Waals surface area contributed by atoms with Gasteiger partial charge in [0, 0.05) is 38.6 Å². The maximum absolute atomic E-state index is 13.9. The molecule has 12 atom stereocenters. The van der Waals surface area contributed by atoms with Gasteiger partial charge < -0.3 is 61.4 Å². The molecule has 6 aliphatic carbocycles. The van der Waals surface area contributed by atoms with Crippen LogP contribution < -0.4 is 20.9 Å². The van der Waals surface area contributed by atoms with Gasteiger partial charge in [0.2, 0.25) is 23.4 Å². The second-order valence-corrected chi connectivity index (χ2v) is 20.8. The average Bonchev–Trinajstić information content (AvgIpc) is 3.27. The molecule has 0 spiro atoms. The summed E-state index contributed by atoms with van der Waals surface area (Å²) >= 11 is 2.18. The number of likely N-dealkylation sites (N-methyl/N-ethyl adjacent to an activating group) is 2. The maximum Gasteiger partial charge on any atom is 0.230 e. The van der Waals surface area contributed by atoms with Crippen molar-refractivity contribution < 1.29 is 68.9 Å². The van der Waals surface area contributed by atoms with Crippen molar-refractivity contribution in [1.29, 1.82) is 0 Å². The van der Waals surface area contributed by atoms with Gasteiger partial charge in [0.05, 0.1) is 36.5 Å². The number of ketones is 4. The van der Waals surface area contributed by atoms with E-state index in [1.165, 1.54) is 0 Å². The van der Waals surface area contributed by atoms with Crippen molar-refractivity contribution in [2.75, 3.05) is 41.4 Å². The normalized spacial score (nSPS) is 32.5. The van der Waals surface area contributed by atoms with Crippen LogP contribution in [-0.4, -0.2) is 152 Å². The number of hydrogen-bond acceptors (Lipinski definition) is 16. The fraction of sp³-hybridized carbons (Fsp3) is 0.560. The molecule has 4 fully saturated rings. The van der Waals surface area contributed by atoms with E-state index in [4.69, 9.17) is 20.9 Å². The summed E-state index contributed by atoms with van der Waals surface area (Å²) in [6.07, 6.45) is 1.69. The Balaban J connectivity index is 0.000000204. The Morgan fingerprint density at radius 1 is 0.696 bits per heavy atom. The smallest absolute Gasteiger partial charge is 0.230 e. The van der Waals surface area contributed by atoms with Crippen LogP contribution in [0.3, 0.4) is 0 Å². The third-order valence-corrected chi connectivity index (χ3v) is 16.2. The fourth-order valence-electron chi connectivity index (χ4n) is 12.0. The third kappa shape index (κ3) is 8.38. The minimum atomic E-state index is -2.59. The van der Waals surface area contributed by atoms with Gasteiger partial charge in [0.1, 0.15) is 34.9 Å². The van der Waals surface area contributed by atoms with Crippen LogP contribution >= 0.6 is 22.6 Å². The van der Waals surface area contributed by atoms with Gasteiger partial charge in [0.15, 0.2) is 22.8 Å². The van der Waals surface area contributed by atoms with E-state index in [2.05, 4.69) is 22.6 Å². The summed E-state index contributed by atoms with van der Waals surface area (Å²) in [5, 5.41) is 67.7. The van der Waals surface area contributed by atoms with Crippen molar-refractivity contribution in [1.82, 2.24) is 9.80 Å². The molecule has 8 rings (SSSR count). The zero-order valence-corrected chi connectivity index (χ0v) is 41.8. The van der Waals surface area contributed by atoms with Gasteiger partial charge in [-0.05, 0) is 130 Å². The second kappa shape index (κ2) is 19.8. The first-order valence-electron chi connectivity index (χ1n) is 23.5. The lowest BCUT2D eigenvalue weighted by Gasteiger charge is -2.53. The van der Waals surface area contributed by atoms with Crippen LogP contribution in [0.5, 0.6) is 11.5 Å². The van der Waals surface area contributed by atoms with E-state index in [0.29, 0.717) is 48.7 Å². The number of Topliss-reactive ketones (excluding diaryl/α,β-unsaturated/α-hetero) is 4. The van der Waals surface area contributed by atoms with Crippen molar-refractivity contribution in [3.05, 3.63) is 67.3 Å². The standard InChI is InChI=1S/C25H31IN2O7.C25H32N2O7/c1-4-5-8-35-15-7-6-14(26)12-9-11-10-13-19(28(2)3)21(30)18(24(27)33)23(32)25(13,34)22(31)16(11)20(29)17(12)15;1-4-5-9-34-15-8-6-7-12-10-13-11-14-19(27(2)3)21(29)18(24(26)32)23(31)25(14,33)22(30)17(13)20(28)16(12)15/h6-7,11,13,18-19,21,29-30,34H,4-5,8-10H2,1-3H3,(H2,27,33);6-8,13-14,18-19,21,28-29,33H,4-5,9-11H2,1-3H3,(H2,26,32)/t11-,13-,18?,19-,21?,25-;13-,14-,18?,19-,21?,25-/m00/s1. The van der Waals surface area contributed by atoms with E-state index in [-0.39, 0.29) is 35.5 Å². The fourth-order valence-corrected chi connectivity index (χ4v) is 12.6. The lowest BCUT2D eigenvalue weighted by atomic mass is 9.54. The van der Waals surface area contributed by atoms with Crippen molar-refractivity contribution in [3.63, 3.8) is 0 Å². The lowest BCUT2D eigenvalue weighted by molar-refractivity contribution is -0.185. The number of halogens is 1. The van der Waals surface area contributed by atoms with Crippen LogP contribution in [0, 0.1) is 39.1 Å². The number of rotatable bonds is 12. The summed E-state index contributed by atoms with van der Waals surface area (Å²) in [6, 6.07) is 7.30. The molecule has 2 amide bonds. The van der Waals surface area contributed by atoms with Gasteiger partial charge in [-0.25, -0.2) is 0 Å². The number of aliphatic hydroxyl groups excluding tert-OH is 4. The monoisotopic (exact) mass is 1070 g/mol. The summed E-state index contributed by atoms with van der Waals surface area (Å²) in [5.74, 6) is -12.4. The zero-order valence-electron chi connectivity index (χ0n) is 39.6. The molecule has 0 bridgehead atoms. The quantitative estimate of drug-likeness (QED) is 0.0854. The Hall–Kier alpha value is -4.77. The molecular weight excluding hydrogens is 1010 g/mol. The van der Waals surface area contributed by atoms with Crippen molar-refractivity contribution in [2.24, 2.45) is 47.0 Å². The third-order valence-electron chi connectivity index (χ3n) is 15.2. The van der Waals surface area contributed by atoms with Crippen LogP contribution in [0.4, 0.5) is 0 Å². The highest BCUT2D eigenvalue weighted by Gasteiger charge is 2.69. The van der Waals surface area contributed by atoms with Crippen molar-refractivity contribution >= 4 is 69.1 Å². The molecule has 374 valence electrons. The number of nitrogens with two attached hydrogens (primary N) is 2. The highest BCUT2D eigenvalue weighted by atomic mass is 127. The minimum Gasteiger partial charge on any atom is -0.507 e. The molecule has 0 saturated heterocycles. The Labute approximate surface area is 413 Å². The SMILES string of the molecule is CCCCOc1ccc(I)c2c1C(O)=C1C(=O)[C@]3(O)C(=O)C(C(N)=O)C(O)[C@@H](N(C)C)[C@@H]3C[C@@H]1C2.CCCCOc1cccc2c1C(O)=C1C(=O)[C@]3(O)C(=O)C(C(N)=O)C(O)[C@@H](N(C)C)[C@@H]3C[C@@H]1C2. The number of aliphatic hydroxyl groups is 6. The molecule has 0 heterocycles. The molecule has 69 heavy (non-hydrogen) atoms. The van der Waals surface area contributed by atoms with Gasteiger partial charge in [-0.2, -0.15) is 0 Å². The number of carbonyl (C=O) groups is 6. The summed E-state index contributed by atoms with van der Waals surface area (Å²) in [6.45, 7) is 4.95. The lowest BCUT2D eigenvalue weighted by Crippen LogP contribution is -2.73. The largest absolute Gasteiger partial charge is 0.507 e. The number of ether oxygens (including phenoxy) is 2. The van der Waals surface area contributed by atoms with Crippen LogP contribution in [0.1, 0.15) is 74.6 Å². The van der Waals surface area contributed by atoms with E-state index in [1.54, 1.807) is 50.1 Å². The Bertz CT molecular complexity index is 2520. The first-order valence-corrected chi connectivity index (χ1v) is 24.6. The van der Waals surface area contributed by atoms with Gasteiger partial charge in [0.25, 0.3) is 0 Å². The van der Waals surface area contributed by atoms with E-state index >= 15 is 0 Å². The Morgan fingerprint density at radius 2 is 1.13 bits per heavy atom. The topological polar surface area (TPSA) is 301 Å². The molecule has 0 aromatic heterocycles. The second-order valence-electron chi connectivity index (χ2n) is 19.7. The van der Waals surface area contributed by atoms with Crippen LogP contribution in [0.2, 0.25) is 0 Å². The van der Waals surface area contributed by atoms with E-state index in [1.807, 2.05) is 32.0 Å². The average molecular weight is 1070 g/mol. The summed E-state index contributed by atoms with van der Waals surface area (Å²) < 4.78 is 12.7. The molecule has 2 aromatic carbocycles. The van der Waals surface area contributed by atoms with Gasteiger partial charge in [-0.3, -0.25) is 28.8 Å². The van der Waals surface area contributed by atoms with Gasteiger partial charge in [-0.15, -0.1) is 0 Å². The van der Waals surface area contributed by atoms with E-state index < -0.39 is 106 Å². The highest BCUT2D eigenvalue weighted by molar-refractivity contribution is 14.1. The van der Waals surface area contributed by atoms with Gasteiger partial charge in [-0.1, -0.05) is 38.8 Å². The zero-order chi connectivity index (χ0) is 50.8. The van der Waals surface area contributed by atoms with E-state index in [9.17, 15) is 59.4 Å². The van der Waals surface area contributed by atoms with Crippen molar-refractivity contribution in [2.45, 2.75) is 101 Å². The molecule has 4 saturated carbocycles. The molecule has 4 unspecified atom stereocenters. The number of hydrogen-bond donors (Lipinski definition) is 8. The number of benzene rings is 2. The van der Waals surface area contributed by atoms with Crippen molar-refractivity contribution in [3.8, 4) is 11.5 Å². The molecule has 18 nitrogen and oxygen atoms in total. The summed E-state index contributed by atoms with van der Waals surface area (Å²) in [4.78, 5) is 81.7. The Morgan fingerprint density at radius 3 is 1.57 bits per heavy atom. The van der Waals surface area contributed by atoms with E-state index in [0.717, 1.165) is 40.4 Å². The number of amides is 2. The molecule has 2 aromatic rings. The predicted octanol–water partition coefficient (Wildman–Crippen LogP) is 1.81. The molecule has 10 N–H and O–H groups in total. The molecule has 0 radical (unpaired) electrons. The highest BCUT2D eigenvalue weighted by Crippen LogP contribution is 2.54. The molecule has 6 aliphatic rings. The Kier molecular flexibility index (Phi) is 14.9. The maximum atomic E-state index is 13.9. The van der Waals surface area contributed by atoms with Crippen LogP contribution in [0.25, 0.3) is 11.5 Å². The minimum absolute atomic E-state index is 0.0379. The predicted molar refractivity (Wildman–Crippen MR) is 258 cm³/mol. The van der Waals surface area contributed by atoms with Crippen LogP contribution in [0.15, 0.2) is 41.5 Å². The van der Waals surface area contributed by atoms with Crippen LogP contribution in [-0.2, 0) is 41.6 Å². The summed E-state index contributed by atoms with van der Waals surface area (Å²) in [7, 11) is 6.58. The number of unbranched alkanes of at least 4 members (excludes halogenated alkanes) is 2. The first kappa shape index (κ1) is 52.1. The number of primary amides is 2. The number of fused-ring (bicyclic) bond motifs is 6. The first-order chi connectivity index (χ1) is 32.5. The molecule has 0 aliphatic heterocycles. The molecule has 19 heteroatoms. The number of carbonyl (C=O) groups excluding carboxylic acids is 6.